The van der Waals surface area contributed by atoms with Crippen LogP contribution in [0.1, 0.15) is 13.8 Å². The highest BCUT2D eigenvalue weighted by Crippen LogP contribution is 2.31. The number of carbonyl (C=O) groups excluding carboxylic acids is 1. The van der Waals surface area contributed by atoms with Crippen LogP contribution in [0, 0.1) is 0 Å². The molecule has 4 nitrogen and oxygen atoms in total. The zero-order valence-electron chi connectivity index (χ0n) is 12.0. The molecule has 0 aliphatic carbocycles. The largest absolute Gasteiger partial charge is 0.486 e. The van der Waals surface area contributed by atoms with Gasteiger partial charge in [0.2, 0.25) is 5.91 Å². The van der Waals surface area contributed by atoms with E-state index in [2.05, 4.69) is 0 Å². The first-order valence-corrected chi connectivity index (χ1v) is 8.14. The molecule has 2 rings (SSSR count). The van der Waals surface area contributed by atoms with Gasteiger partial charge in [0.25, 0.3) is 0 Å². The molecule has 0 fully saturated rings. The van der Waals surface area contributed by atoms with Crippen molar-refractivity contribution >= 4 is 17.7 Å². The van der Waals surface area contributed by atoms with Crippen LogP contribution in [0.4, 0.5) is 0 Å². The molecule has 5 heteroatoms. The van der Waals surface area contributed by atoms with Crippen LogP contribution in [0.5, 0.6) is 11.5 Å². The Morgan fingerprint density at radius 1 is 1.30 bits per heavy atom. The van der Waals surface area contributed by atoms with E-state index in [4.69, 9.17) is 9.47 Å². The molecule has 20 heavy (non-hydrogen) atoms. The van der Waals surface area contributed by atoms with Crippen molar-refractivity contribution in [1.29, 1.82) is 0 Å². The lowest BCUT2D eigenvalue weighted by Gasteiger charge is -2.26. The molecule has 1 aromatic rings. The third kappa shape index (κ3) is 3.82. The van der Waals surface area contributed by atoms with E-state index in [-0.39, 0.29) is 12.0 Å². The number of rotatable bonds is 6. The Hall–Kier alpha value is -1.36. The number of ether oxygens (including phenoxy) is 2. The minimum atomic E-state index is 0.0133. The Kier molecular flexibility index (Phi) is 5.59. The maximum atomic E-state index is 11.9. The van der Waals surface area contributed by atoms with Crippen LogP contribution in [0.15, 0.2) is 24.3 Å². The predicted molar refractivity (Wildman–Crippen MR) is 81.6 cm³/mol. The van der Waals surface area contributed by atoms with Gasteiger partial charge < -0.3 is 14.4 Å². The fraction of sp³-hybridized carbons (Fsp3) is 0.533. The van der Waals surface area contributed by atoms with Gasteiger partial charge in [-0.3, -0.25) is 4.79 Å². The molecule has 0 bridgehead atoms. The second kappa shape index (κ2) is 7.43. The summed E-state index contributed by atoms with van der Waals surface area (Å²) in [5, 5.41) is 0. The summed E-state index contributed by atoms with van der Waals surface area (Å²) >= 11 is 1.61. The van der Waals surface area contributed by atoms with E-state index in [1.54, 1.807) is 11.8 Å². The van der Waals surface area contributed by atoms with Crippen molar-refractivity contribution in [3.05, 3.63) is 24.3 Å². The monoisotopic (exact) mass is 295 g/mol. The normalized spacial score (nSPS) is 16.8. The molecule has 0 saturated carbocycles. The predicted octanol–water partition coefficient (Wildman–Crippen LogP) is 2.43. The molecular weight excluding hydrogens is 274 g/mol. The van der Waals surface area contributed by atoms with Crippen LogP contribution >= 0.6 is 11.8 Å². The summed E-state index contributed by atoms with van der Waals surface area (Å²) in [6.07, 6.45) is 0.0133. The molecule has 0 spiro atoms. The number of benzene rings is 1. The molecule has 0 aromatic heterocycles. The van der Waals surface area contributed by atoms with Gasteiger partial charge in [-0.05, 0) is 26.0 Å². The van der Waals surface area contributed by atoms with E-state index in [1.165, 1.54) is 0 Å². The molecule has 0 radical (unpaired) electrons. The van der Waals surface area contributed by atoms with E-state index in [0.717, 1.165) is 30.3 Å². The Bertz CT molecular complexity index is 448. The van der Waals surface area contributed by atoms with Crippen LogP contribution in [0.3, 0.4) is 0 Å². The van der Waals surface area contributed by atoms with Crippen molar-refractivity contribution in [2.75, 3.05) is 31.2 Å². The van der Waals surface area contributed by atoms with Crippen molar-refractivity contribution < 1.29 is 14.3 Å². The van der Waals surface area contributed by atoms with Crippen LogP contribution in [-0.4, -0.2) is 48.1 Å². The van der Waals surface area contributed by atoms with Gasteiger partial charge in [-0.15, -0.1) is 11.8 Å². The minimum absolute atomic E-state index is 0.0133. The zero-order chi connectivity index (χ0) is 14.4. The van der Waals surface area contributed by atoms with Gasteiger partial charge in [0, 0.05) is 18.8 Å². The maximum Gasteiger partial charge on any atom is 0.232 e. The van der Waals surface area contributed by atoms with Crippen molar-refractivity contribution in [3.63, 3.8) is 0 Å². The highest BCUT2D eigenvalue weighted by molar-refractivity contribution is 7.99. The van der Waals surface area contributed by atoms with Gasteiger partial charge in [0.05, 0.1) is 5.75 Å². The summed E-state index contributed by atoms with van der Waals surface area (Å²) in [4.78, 5) is 13.7. The smallest absolute Gasteiger partial charge is 0.232 e. The molecule has 1 aliphatic rings. The Morgan fingerprint density at radius 3 is 2.70 bits per heavy atom. The number of hydrogen-bond donors (Lipinski definition) is 0. The summed E-state index contributed by atoms with van der Waals surface area (Å²) in [6, 6.07) is 7.68. The van der Waals surface area contributed by atoms with Crippen LogP contribution < -0.4 is 9.47 Å². The Balaban J connectivity index is 1.75. The van der Waals surface area contributed by atoms with Gasteiger partial charge in [0.15, 0.2) is 11.5 Å². The summed E-state index contributed by atoms with van der Waals surface area (Å²) in [6.45, 7) is 6.09. The molecule has 1 aromatic carbocycles. The van der Waals surface area contributed by atoms with E-state index < -0.39 is 0 Å². The lowest BCUT2D eigenvalue weighted by atomic mass is 10.3. The number of amides is 1. The fourth-order valence-corrected chi connectivity index (χ4v) is 2.99. The Labute approximate surface area is 124 Å². The maximum absolute atomic E-state index is 11.9. The van der Waals surface area contributed by atoms with Gasteiger partial charge in [0.1, 0.15) is 12.7 Å². The molecule has 1 unspecified atom stereocenters. The number of nitrogens with zero attached hydrogens (tertiary/aromatic N) is 1. The van der Waals surface area contributed by atoms with Crippen LogP contribution in [-0.2, 0) is 4.79 Å². The lowest BCUT2D eigenvalue weighted by Crippen LogP contribution is -2.34. The summed E-state index contributed by atoms with van der Waals surface area (Å²) in [7, 11) is 0. The van der Waals surface area contributed by atoms with Gasteiger partial charge in [-0.1, -0.05) is 12.1 Å². The zero-order valence-corrected chi connectivity index (χ0v) is 12.8. The SMILES string of the molecule is CCN(CC)C(=O)CSCC1COc2ccccc2O1. The van der Waals surface area contributed by atoms with Crippen LogP contribution in [0.25, 0.3) is 0 Å². The van der Waals surface area contributed by atoms with E-state index in [9.17, 15) is 4.79 Å². The second-order valence-corrected chi connectivity index (χ2v) is 5.61. The van der Waals surface area contributed by atoms with E-state index >= 15 is 0 Å². The first-order valence-electron chi connectivity index (χ1n) is 6.98. The number of para-hydroxylation sites is 2. The fourth-order valence-electron chi connectivity index (χ4n) is 2.09. The first kappa shape index (κ1) is 15.0. The van der Waals surface area contributed by atoms with Crippen molar-refractivity contribution in [1.82, 2.24) is 4.90 Å². The lowest BCUT2D eigenvalue weighted by molar-refractivity contribution is -0.127. The van der Waals surface area contributed by atoms with Crippen molar-refractivity contribution in [2.24, 2.45) is 0 Å². The number of thioether (sulfide) groups is 1. The third-order valence-electron chi connectivity index (χ3n) is 3.21. The molecular formula is C15H21NO3S. The average molecular weight is 295 g/mol. The van der Waals surface area contributed by atoms with Crippen molar-refractivity contribution in [2.45, 2.75) is 20.0 Å². The number of fused-ring (bicyclic) bond motifs is 1. The molecule has 110 valence electrons. The topological polar surface area (TPSA) is 38.8 Å². The van der Waals surface area contributed by atoms with Gasteiger partial charge >= 0.3 is 0 Å². The molecule has 0 N–H and O–H groups in total. The molecule has 1 amide bonds. The molecule has 1 aliphatic heterocycles. The number of carbonyl (C=O) groups is 1. The van der Waals surface area contributed by atoms with E-state index in [1.807, 2.05) is 43.0 Å². The summed E-state index contributed by atoms with van der Waals surface area (Å²) < 4.78 is 11.5. The van der Waals surface area contributed by atoms with Gasteiger partial charge in [-0.25, -0.2) is 0 Å². The summed E-state index contributed by atoms with van der Waals surface area (Å²) in [5.41, 5.74) is 0. The Morgan fingerprint density at radius 2 is 2.00 bits per heavy atom. The average Bonchev–Trinajstić information content (AvgIpc) is 2.48. The number of hydrogen-bond acceptors (Lipinski definition) is 4. The molecule has 1 heterocycles. The molecule has 0 saturated heterocycles. The van der Waals surface area contributed by atoms with Crippen LogP contribution in [0.2, 0.25) is 0 Å². The molecule has 1 atom stereocenters. The highest BCUT2D eigenvalue weighted by atomic mass is 32.2. The third-order valence-corrected chi connectivity index (χ3v) is 4.27. The van der Waals surface area contributed by atoms with Crippen molar-refractivity contribution in [3.8, 4) is 11.5 Å². The quantitative estimate of drug-likeness (QED) is 0.808. The second-order valence-electron chi connectivity index (χ2n) is 4.58. The first-order chi connectivity index (χ1) is 9.74. The standard InChI is InChI=1S/C15H21NO3S/c1-3-16(4-2)15(17)11-20-10-12-9-18-13-7-5-6-8-14(13)19-12/h5-8,12H,3-4,9-11H2,1-2H3. The van der Waals surface area contributed by atoms with Gasteiger partial charge in [-0.2, -0.15) is 0 Å². The highest BCUT2D eigenvalue weighted by Gasteiger charge is 2.21. The van der Waals surface area contributed by atoms with E-state index in [0.29, 0.717) is 12.4 Å². The minimum Gasteiger partial charge on any atom is -0.486 e. The summed E-state index contributed by atoms with van der Waals surface area (Å²) in [5.74, 6) is 3.05.